The van der Waals surface area contributed by atoms with Crippen LogP contribution in [0.3, 0.4) is 0 Å². The lowest BCUT2D eigenvalue weighted by molar-refractivity contribution is -0.143. The number of halogens is 1. The van der Waals surface area contributed by atoms with Crippen molar-refractivity contribution in [1.29, 1.82) is 5.26 Å². The Morgan fingerprint density at radius 2 is 1.74 bits per heavy atom. The Bertz CT molecular complexity index is 1280. The highest BCUT2D eigenvalue weighted by Crippen LogP contribution is 2.51. The van der Waals surface area contributed by atoms with E-state index in [9.17, 15) is 23.3 Å². The minimum absolute atomic E-state index is 0.00175. The summed E-state index contributed by atoms with van der Waals surface area (Å²) < 4.78 is 31.1. The molecule has 0 N–H and O–H groups in total. The highest BCUT2D eigenvalue weighted by atomic mass is 35.5. The molecule has 1 aliphatic heterocycles. The van der Waals surface area contributed by atoms with E-state index in [4.69, 9.17) is 15.8 Å². The van der Waals surface area contributed by atoms with Gasteiger partial charge in [0.05, 0.1) is 16.4 Å². The first-order chi connectivity index (χ1) is 16.7. The zero-order chi connectivity index (χ0) is 24.8. The minimum atomic E-state index is -4.09. The van der Waals surface area contributed by atoms with Gasteiger partial charge in [0, 0.05) is 24.0 Å². The molecule has 35 heavy (non-hydrogen) atoms. The SMILES string of the molecule is N#CN(C(=O)[C@@H]1C[C@H](OS(=O)(=O)c2ccccc2)CN1C(=O)C1(c2ccc(Cl)cc2)CC1)C1CC1. The molecule has 0 spiro atoms. The molecule has 0 radical (unpaired) electrons. The molecule has 3 fully saturated rings. The lowest BCUT2D eigenvalue weighted by Crippen LogP contribution is -2.50. The molecular formula is C25H24ClN3O5S. The van der Waals surface area contributed by atoms with E-state index in [2.05, 4.69) is 0 Å². The second kappa shape index (κ2) is 8.94. The third-order valence-corrected chi connectivity index (χ3v) is 8.54. The standard InChI is InChI=1S/C25H24ClN3O5S/c26-18-8-6-17(7-9-18)25(12-13-25)24(31)28-15-20(34-35(32,33)21-4-2-1-3-5-21)14-22(28)23(30)29(16-27)19-10-11-19/h1-9,19-20,22H,10-15H2/t20-,22-/m0/s1. The Labute approximate surface area is 209 Å². The van der Waals surface area contributed by atoms with E-state index in [1.54, 1.807) is 42.5 Å². The van der Waals surface area contributed by atoms with E-state index in [0.717, 1.165) is 23.3 Å². The summed E-state index contributed by atoms with van der Waals surface area (Å²) in [4.78, 5) is 29.8. The molecule has 5 rings (SSSR count). The Morgan fingerprint density at radius 1 is 1.09 bits per heavy atom. The summed E-state index contributed by atoms with van der Waals surface area (Å²) >= 11 is 6.02. The Morgan fingerprint density at radius 3 is 2.31 bits per heavy atom. The van der Waals surface area contributed by atoms with Gasteiger partial charge < -0.3 is 4.90 Å². The van der Waals surface area contributed by atoms with Gasteiger partial charge in [-0.3, -0.25) is 13.8 Å². The third kappa shape index (κ3) is 4.54. The first-order valence-corrected chi connectivity index (χ1v) is 13.3. The number of nitrogens with zero attached hydrogens (tertiary/aromatic N) is 3. The maximum Gasteiger partial charge on any atom is 0.297 e. The number of hydrogen-bond acceptors (Lipinski definition) is 6. The molecule has 8 nitrogen and oxygen atoms in total. The molecule has 2 aromatic carbocycles. The molecule has 2 atom stereocenters. The third-order valence-electron chi connectivity index (χ3n) is 6.92. The highest BCUT2D eigenvalue weighted by Gasteiger charge is 2.57. The van der Waals surface area contributed by atoms with Crippen LogP contribution < -0.4 is 0 Å². The zero-order valence-electron chi connectivity index (χ0n) is 18.8. The molecule has 0 unspecified atom stereocenters. The van der Waals surface area contributed by atoms with Gasteiger partial charge in [-0.2, -0.15) is 13.7 Å². The molecule has 2 saturated carbocycles. The molecular weight excluding hydrogens is 490 g/mol. The van der Waals surface area contributed by atoms with Crippen LogP contribution >= 0.6 is 11.6 Å². The van der Waals surface area contributed by atoms with Crippen molar-refractivity contribution in [3.8, 4) is 6.19 Å². The monoisotopic (exact) mass is 513 g/mol. The van der Waals surface area contributed by atoms with Gasteiger partial charge in [0.2, 0.25) is 5.91 Å². The predicted octanol–water partition coefficient (Wildman–Crippen LogP) is 3.22. The van der Waals surface area contributed by atoms with Crippen molar-refractivity contribution >= 4 is 33.5 Å². The van der Waals surface area contributed by atoms with Crippen molar-refractivity contribution in [1.82, 2.24) is 9.80 Å². The van der Waals surface area contributed by atoms with Crippen molar-refractivity contribution in [3.63, 3.8) is 0 Å². The van der Waals surface area contributed by atoms with Gasteiger partial charge in [-0.1, -0.05) is 41.9 Å². The smallest absolute Gasteiger partial charge is 0.297 e. The van der Waals surface area contributed by atoms with E-state index < -0.39 is 33.6 Å². The van der Waals surface area contributed by atoms with E-state index in [1.807, 2.05) is 6.19 Å². The molecule has 0 aromatic heterocycles. The van der Waals surface area contributed by atoms with E-state index in [-0.39, 0.29) is 29.8 Å². The normalized spacial score (nSPS) is 22.9. The maximum atomic E-state index is 13.8. The molecule has 0 bridgehead atoms. The van der Waals surface area contributed by atoms with E-state index in [1.165, 1.54) is 17.0 Å². The molecule has 182 valence electrons. The largest absolute Gasteiger partial charge is 0.327 e. The van der Waals surface area contributed by atoms with Gasteiger partial charge in [-0.05, 0) is 55.5 Å². The van der Waals surface area contributed by atoms with E-state index in [0.29, 0.717) is 17.9 Å². The van der Waals surface area contributed by atoms with E-state index >= 15 is 0 Å². The van der Waals surface area contributed by atoms with Gasteiger partial charge in [0.1, 0.15) is 6.04 Å². The molecule has 2 aliphatic carbocycles. The Balaban J connectivity index is 1.43. The van der Waals surface area contributed by atoms with Crippen molar-refractivity contribution < 1.29 is 22.2 Å². The van der Waals surface area contributed by atoms with Crippen LogP contribution in [0, 0.1) is 11.5 Å². The summed E-state index contributed by atoms with van der Waals surface area (Å²) in [6, 6.07) is 13.7. The van der Waals surface area contributed by atoms with Gasteiger partial charge in [0.15, 0.2) is 6.19 Å². The number of rotatable bonds is 7. The first kappa shape index (κ1) is 23.8. The second-order valence-electron chi connectivity index (χ2n) is 9.32. The number of hydrogen-bond donors (Lipinski definition) is 0. The van der Waals surface area contributed by atoms with Crippen molar-refractivity contribution in [2.24, 2.45) is 0 Å². The van der Waals surface area contributed by atoms with Crippen LogP contribution in [0.5, 0.6) is 0 Å². The van der Waals surface area contributed by atoms with Crippen molar-refractivity contribution in [2.75, 3.05) is 6.54 Å². The maximum absolute atomic E-state index is 13.8. The predicted molar refractivity (Wildman–Crippen MR) is 126 cm³/mol. The summed E-state index contributed by atoms with van der Waals surface area (Å²) in [5.74, 6) is -0.742. The molecule has 10 heteroatoms. The van der Waals surface area contributed by atoms with Gasteiger partial charge in [-0.15, -0.1) is 0 Å². The zero-order valence-corrected chi connectivity index (χ0v) is 20.4. The highest BCUT2D eigenvalue weighted by molar-refractivity contribution is 7.86. The molecule has 3 aliphatic rings. The van der Waals surface area contributed by atoms with Crippen LogP contribution in [0.15, 0.2) is 59.5 Å². The number of benzene rings is 2. The van der Waals surface area contributed by atoms with Crippen LogP contribution in [0.25, 0.3) is 0 Å². The quantitative estimate of drug-likeness (QED) is 0.319. The fraction of sp³-hybridized carbons (Fsp3) is 0.400. The fourth-order valence-corrected chi connectivity index (χ4v) is 5.97. The van der Waals surface area contributed by atoms with Crippen LogP contribution in [0.1, 0.15) is 37.7 Å². The number of carbonyl (C=O) groups excluding carboxylic acids is 2. The van der Waals surface area contributed by atoms with Gasteiger partial charge >= 0.3 is 0 Å². The van der Waals surface area contributed by atoms with Crippen LogP contribution in [-0.2, 0) is 29.3 Å². The van der Waals surface area contributed by atoms with Crippen LogP contribution in [0.2, 0.25) is 5.02 Å². The molecule has 1 heterocycles. The fourth-order valence-electron chi connectivity index (χ4n) is 4.75. The van der Waals surface area contributed by atoms with Gasteiger partial charge in [-0.25, -0.2) is 4.90 Å². The number of carbonyl (C=O) groups is 2. The Kier molecular flexibility index (Phi) is 6.08. The summed E-state index contributed by atoms with van der Waals surface area (Å²) in [6.07, 6.45) is 3.74. The number of amides is 2. The molecule has 2 aromatic rings. The molecule has 1 saturated heterocycles. The Hall–Kier alpha value is -2.93. The lowest BCUT2D eigenvalue weighted by atomic mass is 9.94. The second-order valence-corrected chi connectivity index (χ2v) is 11.3. The summed E-state index contributed by atoms with van der Waals surface area (Å²) in [5, 5.41) is 10.1. The molecule has 2 amide bonds. The lowest BCUT2D eigenvalue weighted by Gasteiger charge is -2.30. The minimum Gasteiger partial charge on any atom is -0.327 e. The van der Waals surface area contributed by atoms with Crippen molar-refractivity contribution in [2.45, 2.75) is 60.6 Å². The van der Waals surface area contributed by atoms with Crippen LogP contribution in [0.4, 0.5) is 0 Å². The average molecular weight is 514 g/mol. The topological polar surface area (TPSA) is 108 Å². The van der Waals surface area contributed by atoms with Crippen LogP contribution in [-0.4, -0.2) is 54.8 Å². The summed E-state index contributed by atoms with van der Waals surface area (Å²) in [5.41, 5.74) is 0.0200. The summed E-state index contributed by atoms with van der Waals surface area (Å²) in [6.45, 7) is -0.0550. The van der Waals surface area contributed by atoms with Gasteiger partial charge in [0.25, 0.3) is 16.0 Å². The average Bonchev–Trinajstić information content (AvgIpc) is 3.78. The summed E-state index contributed by atoms with van der Waals surface area (Å²) in [7, 11) is -4.09. The first-order valence-electron chi connectivity index (χ1n) is 11.5. The number of likely N-dealkylation sites (tertiary alicyclic amines) is 1. The van der Waals surface area contributed by atoms with Crippen molar-refractivity contribution in [3.05, 3.63) is 65.2 Å². The number of nitriles is 1.